The zero-order chi connectivity index (χ0) is 12.1. The summed E-state index contributed by atoms with van der Waals surface area (Å²) >= 11 is 0. The minimum atomic E-state index is 0.406. The van der Waals surface area contributed by atoms with E-state index in [1.807, 2.05) is 6.07 Å². The van der Waals surface area contributed by atoms with Gasteiger partial charge in [-0.05, 0) is 31.9 Å². The van der Waals surface area contributed by atoms with Crippen LogP contribution in [0.3, 0.4) is 0 Å². The van der Waals surface area contributed by atoms with Gasteiger partial charge in [-0.2, -0.15) is 0 Å². The van der Waals surface area contributed by atoms with Crippen LogP contribution in [0, 0.1) is 12.8 Å². The SMILES string of the molecule is Cc1ccc(O)c(CNCCC2CCCC2)c1. The lowest BCUT2D eigenvalue weighted by Crippen LogP contribution is -2.17. The molecule has 0 spiro atoms. The van der Waals surface area contributed by atoms with Gasteiger partial charge in [0.05, 0.1) is 0 Å². The van der Waals surface area contributed by atoms with Crippen molar-refractivity contribution in [2.75, 3.05) is 6.54 Å². The van der Waals surface area contributed by atoms with Gasteiger partial charge in [-0.1, -0.05) is 43.4 Å². The fourth-order valence-electron chi connectivity index (χ4n) is 2.68. The van der Waals surface area contributed by atoms with E-state index < -0.39 is 0 Å². The van der Waals surface area contributed by atoms with Crippen molar-refractivity contribution >= 4 is 0 Å². The summed E-state index contributed by atoms with van der Waals surface area (Å²) in [5.74, 6) is 1.34. The first-order chi connectivity index (χ1) is 8.25. The molecule has 1 aliphatic carbocycles. The zero-order valence-corrected chi connectivity index (χ0v) is 10.7. The standard InChI is InChI=1S/C15H23NO/c1-12-6-7-15(17)14(10-12)11-16-9-8-13-4-2-3-5-13/h6-7,10,13,16-17H,2-5,8-9,11H2,1H3. The van der Waals surface area contributed by atoms with Crippen molar-refractivity contribution < 1.29 is 5.11 Å². The number of aryl methyl sites for hydroxylation is 1. The second-order valence-electron chi connectivity index (χ2n) is 5.25. The summed E-state index contributed by atoms with van der Waals surface area (Å²) in [6, 6.07) is 5.78. The molecule has 1 fully saturated rings. The van der Waals surface area contributed by atoms with Gasteiger partial charge in [-0.3, -0.25) is 0 Å². The van der Waals surface area contributed by atoms with Gasteiger partial charge in [0.25, 0.3) is 0 Å². The molecule has 94 valence electrons. The van der Waals surface area contributed by atoms with Gasteiger partial charge in [0, 0.05) is 12.1 Å². The summed E-state index contributed by atoms with van der Waals surface area (Å²) in [6.07, 6.45) is 6.95. The van der Waals surface area contributed by atoms with Crippen LogP contribution in [0.5, 0.6) is 5.75 Å². The van der Waals surface area contributed by atoms with E-state index in [4.69, 9.17) is 0 Å². The molecule has 0 saturated heterocycles. The molecule has 17 heavy (non-hydrogen) atoms. The van der Waals surface area contributed by atoms with E-state index in [-0.39, 0.29) is 0 Å². The Morgan fingerprint density at radius 3 is 2.82 bits per heavy atom. The molecule has 2 N–H and O–H groups in total. The highest BCUT2D eigenvalue weighted by Crippen LogP contribution is 2.27. The summed E-state index contributed by atoms with van der Waals surface area (Å²) in [5, 5.41) is 13.1. The molecule has 2 nitrogen and oxygen atoms in total. The van der Waals surface area contributed by atoms with Gasteiger partial charge >= 0.3 is 0 Å². The van der Waals surface area contributed by atoms with Crippen molar-refractivity contribution in [3.63, 3.8) is 0 Å². The Bertz CT molecular complexity index is 356. The monoisotopic (exact) mass is 233 g/mol. The van der Waals surface area contributed by atoms with Crippen LogP contribution >= 0.6 is 0 Å². The molecule has 2 heteroatoms. The summed E-state index contributed by atoms with van der Waals surface area (Å²) in [4.78, 5) is 0. The normalized spacial score (nSPS) is 16.5. The minimum Gasteiger partial charge on any atom is -0.508 e. The number of hydrogen-bond acceptors (Lipinski definition) is 2. The maximum absolute atomic E-state index is 9.71. The first-order valence-electron chi connectivity index (χ1n) is 6.75. The predicted octanol–water partition coefficient (Wildman–Crippen LogP) is 3.37. The molecule has 1 saturated carbocycles. The number of rotatable bonds is 5. The third kappa shape index (κ3) is 3.74. The summed E-state index contributed by atoms with van der Waals surface area (Å²) in [5.41, 5.74) is 2.21. The maximum atomic E-state index is 9.71. The van der Waals surface area contributed by atoms with Crippen LogP contribution in [0.25, 0.3) is 0 Å². The van der Waals surface area contributed by atoms with Gasteiger partial charge in [0.1, 0.15) is 5.75 Å². The quantitative estimate of drug-likeness (QED) is 0.764. The summed E-state index contributed by atoms with van der Waals surface area (Å²) in [6.45, 7) is 3.90. The Morgan fingerprint density at radius 1 is 1.29 bits per heavy atom. The average Bonchev–Trinajstić information content (AvgIpc) is 2.82. The molecule has 1 aromatic carbocycles. The van der Waals surface area contributed by atoms with Crippen LogP contribution in [-0.4, -0.2) is 11.7 Å². The minimum absolute atomic E-state index is 0.406. The molecule has 0 amide bonds. The number of benzene rings is 1. The number of hydrogen-bond donors (Lipinski definition) is 2. The van der Waals surface area contributed by atoms with Crippen molar-refractivity contribution in [3.8, 4) is 5.75 Å². The van der Waals surface area contributed by atoms with E-state index in [0.717, 1.165) is 24.6 Å². The third-order valence-corrected chi connectivity index (χ3v) is 3.75. The van der Waals surface area contributed by atoms with Crippen molar-refractivity contribution in [1.29, 1.82) is 0 Å². The molecule has 1 aliphatic rings. The molecule has 0 radical (unpaired) electrons. The molecule has 1 aromatic rings. The maximum Gasteiger partial charge on any atom is 0.120 e. The first kappa shape index (κ1) is 12.4. The molecule has 2 rings (SSSR count). The van der Waals surface area contributed by atoms with Crippen molar-refractivity contribution in [2.24, 2.45) is 5.92 Å². The Morgan fingerprint density at radius 2 is 2.06 bits per heavy atom. The predicted molar refractivity (Wildman–Crippen MR) is 71.1 cm³/mol. The van der Waals surface area contributed by atoms with Gasteiger partial charge < -0.3 is 10.4 Å². The molecule has 0 heterocycles. The van der Waals surface area contributed by atoms with Gasteiger partial charge in [-0.25, -0.2) is 0 Å². The lowest BCUT2D eigenvalue weighted by atomic mass is 10.0. The molecule has 0 unspecified atom stereocenters. The van der Waals surface area contributed by atoms with Crippen LogP contribution in [0.2, 0.25) is 0 Å². The largest absolute Gasteiger partial charge is 0.508 e. The highest BCUT2D eigenvalue weighted by Gasteiger charge is 2.13. The lowest BCUT2D eigenvalue weighted by Gasteiger charge is -2.11. The van der Waals surface area contributed by atoms with Crippen molar-refractivity contribution in [2.45, 2.75) is 45.6 Å². The lowest BCUT2D eigenvalue weighted by molar-refractivity contribution is 0.454. The Hall–Kier alpha value is -1.02. The first-order valence-corrected chi connectivity index (χ1v) is 6.75. The summed E-state index contributed by atoms with van der Waals surface area (Å²) in [7, 11) is 0. The van der Waals surface area contributed by atoms with E-state index in [1.54, 1.807) is 6.07 Å². The fraction of sp³-hybridized carbons (Fsp3) is 0.600. The number of phenolic OH excluding ortho intramolecular Hbond substituents is 1. The number of aromatic hydroxyl groups is 1. The van der Waals surface area contributed by atoms with Crippen LogP contribution < -0.4 is 5.32 Å². The van der Waals surface area contributed by atoms with Gasteiger partial charge in [0.2, 0.25) is 0 Å². The highest BCUT2D eigenvalue weighted by atomic mass is 16.3. The fourth-order valence-corrected chi connectivity index (χ4v) is 2.68. The van der Waals surface area contributed by atoms with Crippen LogP contribution in [0.4, 0.5) is 0 Å². The zero-order valence-electron chi connectivity index (χ0n) is 10.7. The average molecular weight is 233 g/mol. The molecule has 0 aromatic heterocycles. The highest BCUT2D eigenvalue weighted by molar-refractivity contribution is 5.35. The van der Waals surface area contributed by atoms with Crippen LogP contribution in [0.1, 0.15) is 43.2 Å². The third-order valence-electron chi connectivity index (χ3n) is 3.75. The topological polar surface area (TPSA) is 32.3 Å². The van der Waals surface area contributed by atoms with E-state index in [0.29, 0.717) is 5.75 Å². The van der Waals surface area contributed by atoms with Crippen LogP contribution in [-0.2, 0) is 6.54 Å². The second kappa shape index (κ2) is 6.06. The van der Waals surface area contributed by atoms with Crippen molar-refractivity contribution in [1.82, 2.24) is 5.32 Å². The van der Waals surface area contributed by atoms with E-state index in [2.05, 4.69) is 18.3 Å². The molecule has 0 atom stereocenters. The molecule has 0 bridgehead atoms. The molecule has 0 aliphatic heterocycles. The number of phenols is 1. The van der Waals surface area contributed by atoms with Gasteiger partial charge in [0.15, 0.2) is 0 Å². The Balaban J connectivity index is 1.72. The van der Waals surface area contributed by atoms with E-state index in [9.17, 15) is 5.11 Å². The second-order valence-corrected chi connectivity index (χ2v) is 5.25. The van der Waals surface area contributed by atoms with Gasteiger partial charge in [-0.15, -0.1) is 0 Å². The molecular weight excluding hydrogens is 210 g/mol. The Kier molecular flexibility index (Phi) is 4.43. The molecular formula is C15H23NO. The van der Waals surface area contributed by atoms with E-state index in [1.165, 1.54) is 37.7 Å². The van der Waals surface area contributed by atoms with E-state index >= 15 is 0 Å². The van der Waals surface area contributed by atoms with Crippen molar-refractivity contribution in [3.05, 3.63) is 29.3 Å². The Labute approximate surface area is 104 Å². The number of nitrogens with one attached hydrogen (secondary N) is 1. The summed E-state index contributed by atoms with van der Waals surface area (Å²) < 4.78 is 0. The van der Waals surface area contributed by atoms with Crippen LogP contribution in [0.15, 0.2) is 18.2 Å². The smallest absolute Gasteiger partial charge is 0.120 e.